The zero-order valence-electron chi connectivity index (χ0n) is 12.3. The molecule has 21 heavy (non-hydrogen) atoms. The van der Waals surface area contributed by atoms with E-state index in [0.29, 0.717) is 12.1 Å². The van der Waals surface area contributed by atoms with Crippen LogP contribution >= 0.6 is 11.8 Å². The van der Waals surface area contributed by atoms with Crippen molar-refractivity contribution in [3.05, 3.63) is 41.2 Å². The van der Waals surface area contributed by atoms with Crippen LogP contribution in [-0.4, -0.2) is 39.6 Å². The number of aliphatic carboxylic acids is 1. The number of rotatable bonds is 4. The Morgan fingerprint density at radius 1 is 1.52 bits per heavy atom. The molecule has 0 saturated carbocycles. The van der Waals surface area contributed by atoms with Crippen LogP contribution in [0.3, 0.4) is 0 Å². The lowest BCUT2D eigenvalue weighted by Crippen LogP contribution is -2.42. The van der Waals surface area contributed by atoms with E-state index < -0.39 is 5.97 Å². The second-order valence-electron chi connectivity index (χ2n) is 5.83. The molecule has 1 aliphatic heterocycles. The number of benzene rings is 1. The first-order valence-electron chi connectivity index (χ1n) is 6.91. The van der Waals surface area contributed by atoms with Crippen LogP contribution in [-0.2, 0) is 11.3 Å². The lowest BCUT2D eigenvalue weighted by molar-refractivity contribution is -0.131. The molecule has 1 saturated heterocycles. The summed E-state index contributed by atoms with van der Waals surface area (Å²) in [7, 11) is 0. The molecule has 0 aliphatic carbocycles. The summed E-state index contributed by atoms with van der Waals surface area (Å²) >= 11 is 1.96. The van der Waals surface area contributed by atoms with E-state index in [1.165, 1.54) is 18.2 Å². The molecule has 1 aromatic rings. The normalized spacial score (nSPS) is 19.0. The van der Waals surface area contributed by atoms with Gasteiger partial charge in [0.1, 0.15) is 5.82 Å². The van der Waals surface area contributed by atoms with E-state index in [0.717, 1.165) is 30.5 Å². The van der Waals surface area contributed by atoms with Crippen molar-refractivity contribution < 1.29 is 14.3 Å². The summed E-state index contributed by atoms with van der Waals surface area (Å²) in [6, 6.07) is 4.56. The third-order valence-electron chi connectivity index (χ3n) is 3.41. The average molecular weight is 309 g/mol. The fourth-order valence-electron chi connectivity index (χ4n) is 2.52. The predicted molar refractivity (Wildman–Crippen MR) is 84.9 cm³/mol. The Kier molecular flexibility index (Phi) is 5.06. The highest BCUT2D eigenvalue weighted by atomic mass is 32.2. The van der Waals surface area contributed by atoms with Crippen LogP contribution in [0.4, 0.5) is 4.39 Å². The number of hydrogen-bond donors (Lipinski definition) is 1. The minimum Gasteiger partial charge on any atom is -0.478 e. The standard InChI is InChI=1S/C16H20FNO2S/c1-16(2)11-18(7-8-21-16)10-13-3-5-14(17)9-12(13)4-6-15(19)20/h3-6,9H,7-8,10-11H2,1-2H3,(H,19,20)/b6-4+. The van der Waals surface area contributed by atoms with Crippen molar-refractivity contribution in [2.45, 2.75) is 25.1 Å². The quantitative estimate of drug-likeness (QED) is 0.867. The van der Waals surface area contributed by atoms with Gasteiger partial charge in [0.05, 0.1) is 0 Å². The lowest BCUT2D eigenvalue weighted by atomic mass is 10.0. The Morgan fingerprint density at radius 2 is 2.29 bits per heavy atom. The van der Waals surface area contributed by atoms with E-state index in [-0.39, 0.29) is 10.6 Å². The van der Waals surface area contributed by atoms with Gasteiger partial charge in [-0.1, -0.05) is 6.07 Å². The van der Waals surface area contributed by atoms with Crippen molar-refractivity contribution in [2.24, 2.45) is 0 Å². The van der Waals surface area contributed by atoms with Gasteiger partial charge in [0.2, 0.25) is 0 Å². The van der Waals surface area contributed by atoms with Crippen LogP contribution in [0.2, 0.25) is 0 Å². The van der Waals surface area contributed by atoms with Gasteiger partial charge >= 0.3 is 5.97 Å². The van der Waals surface area contributed by atoms with Gasteiger partial charge < -0.3 is 5.11 Å². The number of carbonyl (C=O) groups is 1. The van der Waals surface area contributed by atoms with Crippen LogP contribution in [0, 0.1) is 5.82 Å². The summed E-state index contributed by atoms with van der Waals surface area (Å²) in [4.78, 5) is 13.0. The van der Waals surface area contributed by atoms with E-state index in [4.69, 9.17) is 5.11 Å². The SMILES string of the molecule is CC1(C)CN(Cc2ccc(F)cc2/C=C/C(=O)O)CCS1. The summed E-state index contributed by atoms with van der Waals surface area (Å²) in [5.41, 5.74) is 1.59. The molecular weight excluding hydrogens is 289 g/mol. The van der Waals surface area contributed by atoms with E-state index >= 15 is 0 Å². The Bertz CT molecular complexity index is 557. The Morgan fingerprint density at radius 3 is 2.95 bits per heavy atom. The maximum Gasteiger partial charge on any atom is 0.328 e. The zero-order chi connectivity index (χ0) is 15.5. The second kappa shape index (κ2) is 6.62. The molecule has 2 rings (SSSR count). The van der Waals surface area contributed by atoms with Gasteiger partial charge in [-0.2, -0.15) is 11.8 Å². The summed E-state index contributed by atoms with van der Waals surface area (Å²) in [6.07, 6.45) is 2.51. The monoisotopic (exact) mass is 309 g/mol. The summed E-state index contributed by atoms with van der Waals surface area (Å²) in [6.45, 7) is 7.12. The lowest BCUT2D eigenvalue weighted by Gasteiger charge is -2.37. The maximum absolute atomic E-state index is 13.4. The van der Waals surface area contributed by atoms with Crippen molar-refractivity contribution in [1.82, 2.24) is 4.90 Å². The second-order valence-corrected chi connectivity index (χ2v) is 7.64. The smallest absolute Gasteiger partial charge is 0.328 e. The van der Waals surface area contributed by atoms with Crippen molar-refractivity contribution in [3.8, 4) is 0 Å². The van der Waals surface area contributed by atoms with Crippen molar-refractivity contribution >= 4 is 23.8 Å². The molecule has 5 heteroatoms. The van der Waals surface area contributed by atoms with Gasteiger partial charge in [-0.25, -0.2) is 9.18 Å². The van der Waals surface area contributed by atoms with E-state index in [9.17, 15) is 9.18 Å². The third-order valence-corrected chi connectivity index (χ3v) is 4.71. The number of thioether (sulfide) groups is 1. The molecule has 1 N–H and O–H groups in total. The Balaban J connectivity index is 2.17. The van der Waals surface area contributed by atoms with Gasteiger partial charge in [-0.05, 0) is 43.2 Å². The molecule has 0 spiro atoms. The molecule has 0 bridgehead atoms. The van der Waals surface area contributed by atoms with Crippen LogP contribution in [0.1, 0.15) is 25.0 Å². The Labute approximate surface area is 128 Å². The first-order chi connectivity index (χ1) is 9.85. The topological polar surface area (TPSA) is 40.5 Å². The summed E-state index contributed by atoms with van der Waals surface area (Å²) in [5.74, 6) is -0.298. The maximum atomic E-state index is 13.4. The minimum atomic E-state index is -1.03. The molecule has 0 radical (unpaired) electrons. The number of carboxylic acids is 1. The van der Waals surface area contributed by atoms with Gasteiger partial charge in [0.25, 0.3) is 0 Å². The van der Waals surface area contributed by atoms with Crippen LogP contribution < -0.4 is 0 Å². The molecule has 0 aromatic heterocycles. The van der Waals surface area contributed by atoms with Gasteiger partial charge in [-0.3, -0.25) is 4.90 Å². The van der Waals surface area contributed by atoms with E-state index in [1.807, 2.05) is 11.8 Å². The fraction of sp³-hybridized carbons (Fsp3) is 0.438. The minimum absolute atomic E-state index is 0.218. The molecule has 114 valence electrons. The molecule has 1 aromatic carbocycles. The Hall–Kier alpha value is -1.33. The van der Waals surface area contributed by atoms with Crippen molar-refractivity contribution in [1.29, 1.82) is 0 Å². The molecule has 1 aliphatic rings. The largest absolute Gasteiger partial charge is 0.478 e. The molecule has 0 atom stereocenters. The predicted octanol–water partition coefficient (Wildman–Crippen LogP) is 3.25. The first-order valence-corrected chi connectivity index (χ1v) is 7.90. The number of nitrogens with zero attached hydrogens (tertiary/aromatic N) is 1. The highest BCUT2D eigenvalue weighted by molar-refractivity contribution is 8.00. The van der Waals surface area contributed by atoms with Crippen LogP contribution in [0.25, 0.3) is 6.08 Å². The summed E-state index contributed by atoms with van der Waals surface area (Å²) in [5, 5.41) is 8.73. The third kappa shape index (κ3) is 4.86. The molecule has 0 unspecified atom stereocenters. The fourth-order valence-corrected chi connectivity index (χ4v) is 3.69. The highest BCUT2D eigenvalue weighted by Gasteiger charge is 2.27. The van der Waals surface area contributed by atoms with E-state index in [1.54, 1.807) is 6.07 Å². The molecular formula is C16H20FNO2S. The van der Waals surface area contributed by atoms with E-state index in [2.05, 4.69) is 18.7 Å². The average Bonchev–Trinajstić information content (AvgIpc) is 2.38. The summed E-state index contributed by atoms with van der Waals surface area (Å²) < 4.78 is 13.6. The van der Waals surface area contributed by atoms with Gasteiger partial charge in [0.15, 0.2) is 0 Å². The first kappa shape index (κ1) is 16.0. The number of hydrogen-bond acceptors (Lipinski definition) is 3. The molecule has 1 heterocycles. The molecule has 0 amide bonds. The molecule has 1 fully saturated rings. The van der Waals surface area contributed by atoms with Gasteiger partial charge in [0, 0.05) is 36.2 Å². The van der Waals surface area contributed by atoms with Crippen molar-refractivity contribution in [2.75, 3.05) is 18.8 Å². The van der Waals surface area contributed by atoms with Crippen LogP contribution in [0.15, 0.2) is 24.3 Å². The number of halogens is 1. The van der Waals surface area contributed by atoms with Crippen LogP contribution in [0.5, 0.6) is 0 Å². The number of carboxylic acid groups (broad SMARTS) is 1. The van der Waals surface area contributed by atoms with Gasteiger partial charge in [-0.15, -0.1) is 0 Å². The molecule has 3 nitrogen and oxygen atoms in total. The zero-order valence-corrected chi connectivity index (χ0v) is 13.1. The van der Waals surface area contributed by atoms with Crippen molar-refractivity contribution in [3.63, 3.8) is 0 Å². The highest BCUT2D eigenvalue weighted by Crippen LogP contribution is 2.30.